The number of nitrogens with one attached hydrogen (secondary N) is 2. The summed E-state index contributed by atoms with van der Waals surface area (Å²) in [6, 6.07) is 25.8. The average molecular weight is 594 g/mol. The van der Waals surface area contributed by atoms with Crippen LogP contribution in [0, 0.1) is 0 Å². The normalized spacial score (nSPS) is 16.7. The quantitative estimate of drug-likeness (QED) is 0.258. The lowest BCUT2D eigenvalue weighted by Crippen LogP contribution is -2.32. The van der Waals surface area contributed by atoms with Gasteiger partial charge in [0.15, 0.2) is 0 Å². The molecule has 5 heteroatoms. The van der Waals surface area contributed by atoms with E-state index in [0.29, 0.717) is 0 Å². The summed E-state index contributed by atoms with van der Waals surface area (Å²) in [6.45, 7) is 5.55. The smallest absolute Gasteiger partial charge is 0.321 e. The maximum absolute atomic E-state index is 11.9. The lowest BCUT2D eigenvalue weighted by Gasteiger charge is -2.26. The van der Waals surface area contributed by atoms with Gasteiger partial charge in [-0.15, -0.1) is 0 Å². The number of benzene rings is 3. The van der Waals surface area contributed by atoms with E-state index in [1.165, 1.54) is 85.6 Å². The Hall–Kier alpha value is -3.83. The van der Waals surface area contributed by atoms with Crippen LogP contribution in [0.25, 0.3) is 17.2 Å². The Labute approximate surface area is 265 Å². The highest BCUT2D eigenvalue weighted by atomic mass is 16.2. The van der Waals surface area contributed by atoms with Crippen molar-refractivity contribution in [2.75, 3.05) is 37.9 Å². The van der Waals surface area contributed by atoms with E-state index in [9.17, 15) is 4.79 Å². The van der Waals surface area contributed by atoms with Crippen molar-refractivity contribution >= 4 is 23.5 Å². The summed E-state index contributed by atoms with van der Waals surface area (Å²) in [6.07, 6.45) is 16.5. The van der Waals surface area contributed by atoms with Crippen LogP contribution in [0.3, 0.4) is 0 Å². The first-order chi connectivity index (χ1) is 21.6. The maximum Gasteiger partial charge on any atom is 0.321 e. The van der Waals surface area contributed by atoms with Crippen molar-refractivity contribution in [2.24, 2.45) is 0 Å². The van der Waals surface area contributed by atoms with Crippen molar-refractivity contribution in [1.29, 1.82) is 0 Å². The Bertz CT molecular complexity index is 1320. The molecule has 2 amide bonds. The molecule has 4 aliphatic rings. The molecular formula is C39H51N3O2. The van der Waals surface area contributed by atoms with E-state index in [0.717, 1.165) is 50.3 Å². The van der Waals surface area contributed by atoms with Gasteiger partial charge in [0, 0.05) is 38.6 Å². The van der Waals surface area contributed by atoms with Gasteiger partial charge >= 0.3 is 6.03 Å². The highest BCUT2D eigenvalue weighted by Gasteiger charge is 2.20. The fraction of sp³-hybridized carbons (Fsp3) is 0.410. The van der Waals surface area contributed by atoms with Crippen molar-refractivity contribution < 1.29 is 9.90 Å². The molecule has 0 atom stereocenters. The molecule has 44 heavy (non-hydrogen) atoms. The minimum Gasteiger partial charge on any atom is -0.400 e. The van der Waals surface area contributed by atoms with Crippen LogP contribution < -0.4 is 10.6 Å². The van der Waals surface area contributed by atoms with Gasteiger partial charge in [-0.25, -0.2) is 4.79 Å². The van der Waals surface area contributed by atoms with E-state index in [1.807, 2.05) is 24.1 Å². The SMILES string of the molecule is C=C1CCC1.CNc1ccc(-c2ccc(C=C3CCC3)cc2)cc1.CO.O=C(Nc1ccc(C2CCC2)cc1)N1CCCC1. The van der Waals surface area contributed by atoms with Crippen molar-refractivity contribution in [3.05, 3.63) is 102 Å². The Morgan fingerprint density at radius 2 is 1.27 bits per heavy atom. The molecule has 7 rings (SSSR count). The number of carbonyl (C=O) groups is 1. The second kappa shape index (κ2) is 17.5. The summed E-state index contributed by atoms with van der Waals surface area (Å²) in [5.41, 5.74) is 10.4. The summed E-state index contributed by atoms with van der Waals surface area (Å²) in [4.78, 5) is 13.8. The monoisotopic (exact) mass is 593 g/mol. The minimum atomic E-state index is 0.0453. The summed E-state index contributed by atoms with van der Waals surface area (Å²) >= 11 is 0. The van der Waals surface area contributed by atoms with Crippen molar-refractivity contribution in [3.63, 3.8) is 0 Å². The molecule has 234 valence electrons. The van der Waals surface area contributed by atoms with Crippen LogP contribution >= 0.6 is 0 Å². The van der Waals surface area contributed by atoms with E-state index in [2.05, 4.69) is 84.0 Å². The van der Waals surface area contributed by atoms with Gasteiger partial charge in [0.05, 0.1) is 0 Å². The first-order valence-electron chi connectivity index (χ1n) is 16.4. The summed E-state index contributed by atoms with van der Waals surface area (Å²) in [7, 11) is 2.94. The Morgan fingerprint density at radius 1 is 0.750 bits per heavy atom. The number of hydrogen-bond donors (Lipinski definition) is 3. The van der Waals surface area contributed by atoms with Gasteiger partial charge in [-0.1, -0.05) is 78.8 Å². The molecular weight excluding hydrogens is 542 g/mol. The van der Waals surface area contributed by atoms with Gasteiger partial charge in [-0.3, -0.25) is 0 Å². The molecule has 3 N–H and O–H groups in total. The molecule has 3 aromatic rings. The molecule has 0 unspecified atom stereocenters. The molecule has 1 aliphatic heterocycles. The first-order valence-corrected chi connectivity index (χ1v) is 16.4. The van der Waals surface area contributed by atoms with Crippen molar-refractivity contribution in [3.8, 4) is 11.1 Å². The Kier molecular flexibility index (Phi) is 13.1. The predicted octanol–water partition coefficient (Wildman–Crippen LogP) is 9.88. The van der Waals surface area contributed by atoms with Crippen LogP contribution in [-0.4, -0.2) is 43.3 Å². The molecule has 1 heterocycles. The molecule has 0 spiro atoms. The fourth-order valence-electron chi connectivity index (χ4n) is 5.49. The molecule has 1 saturated heterocycles. The molecule has 3 aliphatic carbocycles. The number of aliphatic hydroxyl groups excluding tert-OH is 1. The number of amides is 2. The standard InChI is InChI=1S/C18H19N.C15H20N2O.C5H8.CH4O/c1-19-18-11-9-17(10-12-18)16-7-5-15(6-8-16)13-14-3-2-4-14;18-15(17-10-1-2-11-17)16-14-8-6-13(7-9-14)12-4-3-5-12;1-5-3-2-4-5;1-2/h5-13,19H,2-4H2,1H3;6-9,12H,1-5,10-11H2,(H,16,18);1-4H2;2H,1H3. The van der Waals surface area contributed by atoms with Crippen molar-refractivity contribution in [1.82, 2.24) is 4.90 Å². The predicted molar refractivity (Wildman–Crippen MR) is 187 cm³/mol. The average Bonchev–Trinajstić information content (AvgIpc) is 3.56. The van der Waals surface area contributed by atoms with E-state index >= 15 is 0 Å². The Morgan fingerprint density at radius 3 is 1.70 bits per heavy atom. The number of aliphatic hydroxyl groups is 1. The summed E-state index contributed by atoms with van der Waals surface area (Å²) in [5.74, 6) is 0.758. The van der Waals surface area contributed by atoms with Gasteiger partial charge in [-0.2, -0.15) is 0 Å². The van der Waals surface area contributed by atoms with E-state index < -0.39 is 0 Å². The molecule has 0 radical (unpaired) electrons. The lowest BCUT2D eigenvalue weighted by atomic mass is 9.80. The molecule has 4 fully saturated rings. The number of rotatable bonds is 5. The molecule has 3 saturated carbocycles. The van der Waals surface area contributed by atoms with Gasteiger partial charge in [0.25, 0.3) is 0 Å². The van der Waals surface area contributed by atoms with Gasteiger partial charge in [0.2, 0.25) is 0 Å². The van der Waals surface area contributed by atoms with E-state index in [-0.39, 0.29) is 6.03 Å². The number of likely N-dealkylation sites (tertiary alicyclic amines) is 1. The number of anilines is 2. The topological polar surface area (TPSA) is 64.6 Å². The second-order valence-corrected chi connectivity index (χ2v) is 12.1. The molecule has 0 bridgehead atoms. The largest absolute Gasteiger partial charge is 0.400 e. The van der Waals surface area contributed by atoms with Crippen molar-refractivity contribution in [2.45, 2.75) is 76.5 Å². The van der Waals surface area contributed by atoms with Crippen LogP contribution in [-0.2, 0) is 0 Å². The van der Waals surface area contributed by atoms with Gasteiger partial charge in [0.1, 0.15) is 0 Å². The number of allylic oxidation sites excluding steroid dienone is 2. The molecule has 3 aromatic carbocycles. The third-order valence-corrected chi connectivity index (χ3v) is 8.98. The minimum absolute atomic E-state index is 0.0453. The zero-order chi connectivity index (χ0) is 31.1. The van der Waals surface area contributed by atoms with E-state index in [1.54, 1.807) is 5.57 Å². The lowest BCUT2D eigenvalue weighted by molar-refractivity contribution is 0.222. The van der Waals surface area contributed by atoms with Crippen LogP contribution in [0.4, 0.5) is 16.2 Å². The zero-order valence-corrected chi connectivity index (χ0v) is 26.8. The van der Waals surface area contributed by atoms with Gasteiger partial charge in [-0.05, 0) is 117 Å². The molecule has 0 aromatic heterocycles. The number of hydrogen-bond acceptors (Lipinski definition) is 3. The number of carbonyl (C=O) groups excluding carboxylic acids is 1. The highest BCUT2D eigenvalue weighted by Crippen LogP contribution is 2.36. The fourth-order valence-corrected chi connectivity index (χ4v) is 5.49. The Balaban J connectivity index is 0.000000166. The third-order valence-electron chi connectivity index (χ3n) is 8.98. The summed E-state index contributed by atoms with van der Waals surface area (Å²) in [5, 5.41) is 13.1. The second-order valence-electron chi connectivity index (χ2n) is 12.1. The zero-order valence-electron chi connectivity index (χ0n) is 26.8. The third kappa shape index (κ3) is 9.85. The summed E-state index contributed by atoms with van der Waals surface area (Å²) < 4.78 is 0. The molecule has 5 nitrogen and oxygen atoms in total. The van der Waals surface area contributed by atoms with Crippen LogP contribution in [0.2, 0.25) is 0 Å². The highest BCUT2D eigenvalue weighted by molar-refractivity contribution is 5.89. The van der Waals surface area contributed by atoms with Crippen LogP contribution in [0.5, 0.6) is 0 Å². The number of nitrogens with zero attached hydrogens (tertiary/aromatic N) is 1. The van der Waals surface area contributed by atoms with Crippen LogP contribution in [0.15, 0.2) is 90.5 Å². The van der Waals surface area contributed by atoms with Gasteiger partial charge < -0.3 is 20.6 Å². The van der Waals surface area contributed by atoms with Crippen LogP contribution in [0.1, 0.15) is 87.7 Å². The maximum atomic E-state index is 11.9. The number of urea groups is 1. The van der Waals surface area contributed by atoms with E-state index in [4.69, 9.17) is 5.11 Å². The first kappa shape index (κ1) is 33.1.